The lowest BCUT2D eigenvalue weighted by Gasteiger charge is -2.13. The highest BCUT2D eigenvalue weighted by Crippen LogP contribution is 2.36. The molecule has 0 aromatic heterocycles. The summed E-state index contributed by atoms with van der Waals surface area (Å²) in [6.07, 6.45) is 0. The van der Waals surface area contributed by atoms with Crippen molar-refractivity contribution in [3.63, 3.8) is 0 Å². The van der Waals surface area contributed by atoms with Gasteiger partial charge in [-0.2, -0.15) is 0 Å². The van der Waals surface area contributed by atoms with Crippen LogP contribution in [0.5, 0.6) is 0 Å². The van der Waals surface area contributed by atoms with E-state index in [1.165, 1.54) is 0 Å². The Balaban J connectivity index is 1.85. The largest absolute Gasteiger partial charge is 0.398 e. The number of nitrogens with two attached hydrogens (primary N) is 2. The van der Waals surface area contributed by atoms with E-state index < -0.39 is 0 Å². The van der Waals surface area contributed by atoms with Gasteiger partial charge in [0.25, 0.3) is 0 Å². The topological polar surface area (TPSA) is 52.0 Å². The molecule has 0 aliphatic carbocycles. The highest BCUT2D eigenvalue weighted by Gasteiger charge is 2.10. The predicted molar refractivity (Wildman–Crippen MR) is 112 cm³/mol. The monoisotopic (exact) mass is 336 g/mol. The summed E-state index contributed by atoms with van der Waals surface area (Å²) < 4.78 is 0. The van der Waals surface area contributed by atoms with Gasteiger partial charge in [0.2, 0.25) is 0 Å². The third-order valence-corrected chi connectivity index (χ3v) is 4.61. The molecule has 4 N–H and O–H groups in total. The van der Waals surface area contributed by atoms with Crippen LogP contribution >= 0.6 is 0 Å². The summed E-state index contributed by atoms with van der Waals surface area (Å²) in [5, 5.41) is 0. The molecule has 26 heavy (non-hydrogen) atoms. The molecule has 0 aliphatic heterocycles. The molecule has 2 nitrogen and oxygen atoms in total. The maximum atomic E-state index is 6.30. The first-order valence-corrected chi connectivity index (χ1v) is 8.62. The number of rotatable bonds is 3. The second-order valence-corrected chi connectivity index (χ2v) is 6.34. The van der Waals surface area contributed by atoms with Gasteiger partial charge in [-0.15, -0.1) is 0 Å². The molecule has 0 unspecified atom stereocenters. The van der Waals surface area contributed by atoms with Crippen LogP contribution in [0.3, 0.4) is 0 Å². The van der Waals surface area contributed by atoms with Crippen LogP contribution in [0.15, 0.2) is 97.1 Å². The Labute approximate surface area is 153 Å². The van der Waals surface area contributed by atoms with Crippen LogP contribution in [0.25, 0.3) is 33.4 Å². The van der Waals surface area contributed by atoms with Gasteiger partial charge in [0.1, 0.15) is 0 Å². The lowest BCUT2D eigenvalue weighted by molar-refractivity contribution is 1.56. The van der Waals surface area contributed by atoms with Gasteiger partial charge in [0.15, 0.2) is 0 Å². The molecule has 4 rings (SSSR count). The SMILES string of the molecule is Nc1ccc(-c2ccccc2)cc1-c1cc(-c2ccccc2)ccc1N. The van der Waals surface area contributed by atoms with Gasteiger partial charge >= 0.3 is 0 Å². The zero-order valence-electron chi connectivity index (χ0n) is 14.4. The quantitative estimate of drug-likeness (QED) is 0.461. The van der Waals surface area contributed by atoms with Crippen LogP contribution in [0.2, 0.25) is 0 Å². The van der Waals surface area contributed by atoms with Crippen LogP contribution in [0, 0.1) is 0 Å². The number of anilines is 2. The second-order valence-electron chi connectivity index (χ2n) is 6.34. The number of benzene rings is 4. The molecule has 0 saturated heterocycles. The van der Waals surface area contributed by atoms with E-state index in [0.29, 0.717) is 0 Å². The summed E-state index contributed by atoms with van der Waals surface area (Å²) in [7, 11) is 0. The summed E-state index contributed by atoms with van der Waals surface area (Å²) in [6, 6.07) is 32.8. The highest BCUT2D eigenvalue weighted by atomic mass is 14.6. The zero-order valence-corrected chi connectivity index (χ0v) is 14.4. The van der Waals surface area contributed by atoms with Crippen molar-refractivity contribution >= 4 is 11.4 Å². The average molecular weight is 336 g/mol. The molecule has 0 radical (unpaired) electrons. The molecule has 0 saturated carbocycles. The standard InChI is InChI=1S/C24H20N2/c25-23-13-11-19(17-7-3-1-4-8-17)15-21(23)22-16-20(12-14-24(22)26)18-9-5-2-6-10-18/h1-16H,25-26H2. The summed E-state index contributed by atoms with van der Waals surface area (Å²) >= 11 is 0. The van der Waals surface area contributed by atoms with E-state index in [1.807, 2.05) is 60.7 Å². The third-order valence-electron chi connectivity index (χ3n) is 4.61. The molecular weight excluding hydrogens is 316 g/mol. The maximum Gasteiger partial charge on any atom is 0.0394 e. The minimum Gasteiger partial charge on any atom is -0.398 e. The van der Waals surface area contributed by atoms with Crippen LogP contribution in [0.4, 0.5) is 11.4 Å². The van der Waals surface area contributed by atoms with Gasteiger partial charge < -0.3 is 11.5 Å². The lowest BCUT2D eigenvalue weighted by Crippen LogP contribution is -1.96. The maximum absolute atomic E-state index is 6.30. The first kappa shape index (κ1) is 16.0. The molecule has 4 aromatic carbocycles. The Hall–Kier alpha value is -3.52. The van der Waals surface area contributed by atoms with Crippen LogP contribution in [-0.4, -0.2) is 0 Å². The fourth-order valence-corrected chi connectivity index (χ4v) is 3.20. The van der Waals surface area contributed by atoms with Gasteiger partial charge in [-0.3, -0.25) is 0 Å². The molecule has 0 fully saturated rings. The summed E-state index contributed by atoms with van der Waals surface area (Å²) in [4.78, 5) is 0. The van der Waals surface area contributed by atoms with E-state index in [2.05, 4.69) is 36.4 Å². The average Bonchev–Trinajstić information content (AvgIpc) is 2.70. The molecule has 0 heterocycles. The van der Waals surface area contributed by atoms with Crippen molar-refractivity contribution in [3.8, 4) is 33.4 Å². The minimum absolute atomic E-state index is 0.724. The fourth-order valence-electron chi connectivity index (χ4n) is 3.20. The van der Waals surface area contributed by atoms with E-state index in [-0.39, 0.29) is 0 Å². The molecule has 2 heteroatoms. The van der Waals surface area contributed by atoms with E-state index in [1.54, 1.807) is 0 Å². The first-order valence-electron chi connectivity index (χ1n) is 8.62. The van der Waals surface area contributed by atoms with E-state index in [9.17, 15) is 0 Å². The first-order chi connectivity index (χ1) is 12.7. The molecule has 0 amide bonds. The summed E-state index contributed by atoms with van der Waals surface area (Å²) in [6.45, 7) is 0. The van der Waals surface area contributed by atoms with Crippen molar-refractivity contribution < 1.29 is 0 Å². The van der Waals surface area contributed by atoms with Crippen molar-refractivity contribution in [1.29, 1.82) is 0 Å². The molecule has 0 spiro atoms. The number of hydrogen-bond donors (Lipinski definition) is 2. The van der Waals surface area contributed by atoms with Gasteiger partial charge in [-0.1, -0.05) is 72.8 Å². The Morgan fingerprint density at radius 2 is 0.769 bits per heavy atom. The van der Waals surface area contributed by atoms with E-state index >= 15 is 0 Å². The number of nitrogen functional groups attached to an aromatic ring is 2. The molecule has 126 valence electrons. The summed E-state index contributed by atoms with van der Waals surface area (Å²) in [5.41, 5.74) is 20.5. The van der Waals surface area contributed by atoms with Crippen molar-refractivity contribution in [3.05, 3.63) is 97.1 Å². The van der Waals surface area contributed by atoms with Gasteiger partial charge in [-0.05, 0) is 46.5 Å². The Kier molecular flexibility index (Phi) is 4.16. The lowest BCUT2D eigenvalue weighted by atomic mass is 9.94. The molecule has 0 bridgehead atoms. The molecule has 0 atom stereocenters. The van der Waals surface area contributed by atoms with Crippen molar-refractivity contribution in [2.75, 3.05) is 11.5 Å². The van der Waals surface area contributed by atoms with Gasteiger partial charge in [-0.25, -0.2) is 0 Å². The smallest absolute Gasteiger partial charge is 0.0394 e. The highest BCUT2D eigenvalue weighted by molar-refractivity contribution is 5.89. The van der Waals surface area contributed by atoms with E-state index in [0.717, 1.165) is 44.8 Å². The normalized spacial score (nSPS) is 10.6. The second kappa shape index (κ2) is 6.77. The van der Waals surface area contributed by atoms with Crippen LogP contribution in [0.1, 0.15) is 0 Å². The van der Waals surface area contributed by atoms with Gasteiger partial charge in [0.05, 0.1) is 0 Å². The Bertz CT molecular complexity index is 951. The predicted octanol–water partition coefficient (Wildman–Crippen LogP) is 5.85. The fraction of sp³-hybridized carbons (Fsp3) is 0. The molecule has 0 aliphatic rings. The Morgan fingerprint density at radius 3 is 1.15 bits per heavy atom. The zero-order chi connectivity index (χ0) is 17.9. The van der Waals surface area contributed by atoms with Gasteiger partial charge in [0, 0.05) is 22.5 Å². The minimum atomic E-state index is 0.724. The van der Waals surface area contributed by atoms with Crippen LogP contribution in [-0.2, 0) is 0 Å². The number of hydrogen-bond acceptors (Lipinski definition) is 2. The molecular formula is C24H20N2. The van der Waals surface area contributed by atoms with Crippen molar-refractivity contribution in [2.24, 2.45) is 0 Å². The third kappa shape index (κ3) is 3.05. The van der Waals surface area contributed by atoms with Crippen molar-refractivity contribution in [2.45, 2.75) is 0 Å². The summed E-state index contributed by atoms with van der Waals surface area (Å²) in [5.74, 6) is 0. The Morgan fingerprint density at radius 1 is 0.385 bits per heavy atom. The van der Waals surface area contributed by atoms with E-state index in [4.69, 9.17) is 11.5 Å². The van der Waals surface area contributed by atoms with Crippen LogP contribution < -0.4 is 11.5 Å². The molecule has 4 aromatic rings. The van der Waals surface area contributed by atoms with Crippen molar-refractivity contribution in [1.82, 2.24) is 0 Å².